The van der Waals surface area contributed by atoms with E-state index in [0.29, 0.717) is 17.9 Å². The molecular weight excluding hydrogens is 326 g/mol. The number of nitrogens with one attached hydrogen (secondary N) is 1. The highest BCUT2D eigenvalue weighted by molar-refractivity contribution is 5.89. The minimum atomic E-state index is -0.263. The molecule has 6 heteroatoms. The number of carbonyl (C=O) groups is 2. The molecule has 1 saturated heterocycles. The maximum atomic E-state index is 12.8. The van der Waals surface area contributed by atoms with Crippen molar-refractivity contribution in [3.63, 3.8) is 0 Å². The molecule has 5 nitrogen and oxygen atoms in total. The van der Waals surface area contributed by atoms with E-state index in [2.05, 4.69) is 5.32 Å². The molecule has 2 amide bonds. The highest BCUT2D eigenvalue weighted by atomic mass is 35.5. The summed E-state index contributed by atoms with van der Waals surface area (Å²) in [5.74, 6) is 1.17. The van der Waals surface area contributed by atoms with Crippen LogP contribution in [0.15, 0.2) is 0 Å². The van der Waals surface area contributed by atoms with E-state index in [1.807, 2.05) is 13.8 Å². The van der Waals surface area contributed by atoms with E-state index in [-0.39, 0.29) is 42.2 Å². The predicted octanol–water partition coefficient (Wildman–Crippen LogP) is 2.08. The van der Waals surface area contributed by atoms with Gasteiger partial charge in [-0.2, -0.15) is 0 Å². The van der Waals surface area contributed by atoms with Crippen LogP contribution in [0.5, 0.6) is 0 Å². The van der Waals surface area contributed by atoms with Crippen molar-refractivity contribution in [3.05, 3.63) is 0 Å². The number of nitrogens with two attached hydrogens (primary N) is 1. The Morgan fingerprint density at radius 2 is 1.71 bits per heavy atom. The first-order chi connectivity index (χ1) is 11.0. The van der Waals surface area contributed by atoms with Crippen LogP contribution in [-0.4, -0.2) is 41.4 Å². The fourth-order valence-corrected chi connectivity index (χ4v) is 4.92. The number of likely N-dealkylation sites (tertiary alicyclic amines) is 1. The summed E-state index contributed by atoms with van der Waals surface area (Å²) >= 11 is 0. The molecular formula is C18H32ClN3O2. The van der Waals surface area contributed by atoms with Gasteiger partial charge in [-0.05, 0) is 50.4 Å². The number of carbonyl (C=O) groups excluding carboxylic acids is 2. The van der Waals surface area contributed by atoms with Crippen LogP contribution in [0.25, 0.3) is 0 Å². The molecule has 3 aliphatic rings. The lowest BCUT2D eigenvalue weighted by Crippen LogP contribution is -2.57. The van der Waals surface area contributed by atoms with Gasteiger partial charge in [0.1, 0.15) is 6.04 Å². The monoisotopic (exact) mass is 357 g/mol. The fraction of sp³-hybridized carbons (Fsp3) is 0.889. The Morgan fingerprint density at radius 1 is 1.08 bits per heavy atom. The molecule has 1 heterocycles. The van der Waals surface area contributed by atoms with Crippen LogP contribution in [0.3, 0.4) is 0 Å². The number of amides is 2. The average molecular weight is 358 g/mol. The normalized spacial score (nSPS) is 35.5. The lowest BCUT2D eigenvalue weighted by atomic mass is 9.67. The minimum Gasteiger partial charge on any atom is -0.351 e. The van der Waals surface area contributed by atoms with E-state index in [9.17, 15) is 9.59 Å². The van der Waals surface area contributed by atoms with Gasteiger partial charge in [-0.25, -0.2) is 0 Å². The van der Waals surface area contributed by atoms with Gasteiger partial charge < -0.3 is 16.0 Å². The molecule has 0 aromatic rings. The Balaban J connectivity index is 0.00000208. The second-order valence-corrected chi connectivity index (χ2v) is 8.06. The van der Waals surface area contributed by atoms with Crippen molar-refractivity contribution in [3.8, 4) is 0 Å². The van der Waals surface area contributed by atoms with Crippen molar-refractivity contribution in [1.82, 2.24) is 10.2 Å². The lowest BCUT2D eigenvalue weighted by Gasteiger charge is -2.45. The maximum absolute atomic E-state index is 12.8. The van der Waals surface area contributed by atoms with Crippen molar-refractivity contribution >= 4 is 24.2 Å². The van der Waals surface area contributed by atoms with Gasteiger partial charge in [-0.1, -0.05) is 20.3 Å². The summed E-state index contributed by atoms with van der Waals surface area (Å²) in [6.07, 6.45) is 7.39. The summed E-state index contributed by atoms with van der Waals surface area (Å²) < 4.78 is 0. The molecule has 0 aromatic carbocycles. The molecule has 3 fully saturated rings. The quantitative estimate of drug-likeness (QED) is 0.811. The summed E-state index contributed by atoms with van der Waals surface area (Å²) in [7, 11) is 0. The SMILES string of the molecule is CC(C)C(=O)N1CCCC1C(=O)NC1C2CCCC1CC(N)C2.Cl. The van der Waals surface area contributed by atoms with E-state index in [1.54, 1.807) is 4.90 Å². The molecule has 0 spiro atoms. The third kappa shape index (κ3) is 3.88. The standard InChI is InChI=1S/C18H31N3O2.ClH/c1-11(2)18(23)21-8-4-7-15(21)17(22)20-16-12-5-3-6-13(16)10-14(19)9-12;/h11-16H,3-10,19H2,1-2H3,(H,20,22);1H. The first-order valence-electron chi connectivity index (χ1n) is 9.33. The Bertz CT molecular complexity index is 457. The van der Waals surface area contributed by atoms with Gasteiger partial charge in [0.25, 0.3) is 0 Å². The third-order valence-electron chi connectivity index (χ3n) is 6.02. The first kappa shape index (κ1) is 19.5. The second kappa shape index (κ2) is 8.05. The molecule has 3 unspecified atom stereocenters. The van der Waals surface area contributed by atoms with Gasteiger partial charge in [0, 0.05) is 24.5 Å². The summed E-state index contributed by atoms with van der Waals surface area (Å²) in [4.78, 5) is 26.9. The Kier molecular flexibility index (Phi) is 6.54. The summed E-state index contributed by atoms with van der Waals surface area (Å²) in [6.45, 7) is 4.53. The molecule has 24 heavy (non-hydrogen) atoms. The largest absolute Gasteiger partial charge is 0.351 e. The fourth-order valence-electron chi connectivity index (χ4n) is 4.92. The summed E-state index contributed by atoms with van der Waals surface area (Å²) in [5.41, 5.74) is 6.17. The summed E-state index contributed by atoms with van der Waals surface area (Å²) in [6, 6.07) is 0.304. The minimum absolute atomic E-state index is 0. The van der Waals surface area contributed by atoms with E-state index in [0.717, 1.165) is 32.2 Å². The Morgan fingerprint density at radius 3 is 2.29 bits per heavy atom. The van der Waals surface area contributed by atoms with Crippen LogP contribution in [0, 0.1) is 17.8 Å². The van der Waals surface area contributed by atoms with Crippen LogP contribution < -0.4 is 11.1 Å². The maximum Gasteiger partial charge on any atom is 0.243 e. The van der Waals surface area contributed by atoms with Gasteiger partial charge in [0.15, 0.2) is 0 Å². The third-order valence-corrected chi connectivity index (χ3v) is 6.02. The Hall–Kier alpha value is -0.810. The molecule has 2 bridgehead atoms. The van der Waals surface area contributed by atoms with Crippen molar-refractivity contribution in [1.29, 1.82) is 0 Å². The molecule has 138 valence electrons. The number of halogens is 1. The molecule has 3 atom stereocenters. The predicted molar refractivity (Wildman–Crippen MR) is 96.8 cm³/mol. The smallest absolute Gasteiger partial charge is 0.243 e. The zero-order chi connectivity index (χ0) is 16.6. The van der Waals surface area contributed by atoms with Crippen molar-refractivity contribution in [2.75, 3.05) is 6.54 Å². The molecule has 1 aliphatic heterocycles. The van der Waals surface area contributed by atoms with Crippen LogP contribution >= 0.6 is 12.4 Å². The van der Waals surface area contributed by atoms with Crippen LogP contribution in [0.4, 0.5) is 0 Å². The number of hydrogen-bond donors (Lipinski definition) is 2. The van der Waals surface area contributed by atoms with Gasteiger partial charge in [-0.15, -0.1) is 12.4 Å². The Labute approximate surface area is 151 Å². The molecule has 2 saturated carbocycles. The first-order valence-corrected chi connectivity index (χ1v) is 9.33. The highest BCUT2D eigenvalue weighted by Gasteiger charge is 2.42. The number of fused-ring (bicyclic) bond motifs is 2. The number of nitrogens with zero attached hydrogens (tertiary/aromatic N) is 1. The van der Waals surface area contributed by atoms with Gasteiger partial charge in [0.05, 0.1) is 0 Å². The van der Waals surface area contributed by atoms with Crippen molar-refractivity contribution in [2.24, 2.45) is 23.5 Å². The molecule has 3 rings (SSSR count). The molecule has 0 aromatic heterocycles. The van der Waals surface area contributed by atoms with E-state index >= 15 is 0 Å². The number of hydrogen-bond acceptors (Lipinski definition) is 3. The van der Waals surface area contributed by atoms with Crippen LogP contribution in [0.2, 0.25) is 0 Å². The van der Waals surface area contributed by atoms with Crippen LogP contribution in [-0.2, 0) is 9.59 Å². The number of rotatable bonds is 3. The van der Waals surface area contributed by atoms with Gasteiger partial charge in [0.2, 0.25) is 11.8 Å². The van der Waals surface area contributed by atoms with Crippen LogP contribution in [0.1, 0.15) is 58.8 Å². The highest BCUT2D eigenvalue weighted by Crippen LogP contribution is 2.39. The molecule has 3 N–H and O–H groups in total. The van der Waals surface area contributed by atoms with Crippen molar-refractivity contribution < 1.29 is 9.59 Å². The molecule has 2 aliphatic carbocycles. The summed E-state index contributed by atoms with van der Waals surface area (Å²) in [5, 5.41) is 3.32. The topological polar surface area (TPSA) is 75.4 Å². The second-order valence-electron chi connectivity index (χ2n) is 8.06. The van der Waals surface area contributed by atoms with E-state index < -0.39 is 0 Å². The zero-order valence-electron chi connectivity index (χ0n) is 14.9. The lowest BCUT2D eigenvalue weighted by molar-refractivity contribution is -0.141. The molecule has 0 radical (unpaired) electrons. The van der Waals surface area contributed by atoms with Crippen molar-refractivity contribution in [2.45, 2.75) is 76.9 Å². The van der Waals surface area contributed by atoms with Gasteiger partial charge in [-0.3, -0.25) is 9.59 Å². The van der Waals surface area contributed by atoms with E-state index in [4.69, 9.17) is 5.73 Å². The van der Waals surface area contributed by atoms with E-state index in [1.165, 1.54) is 19.3 Å². The zero-order valence-corrected chi connectivity index (χ0v) is 15.7. The van der Waals surface area contributed by atoms with Gasteiger partial charge >= 0.3 is 0 Å². The average Bonchev–Trinajstić information content (AvgIpc) is 2.96.